The Balaban J connectivity index is 1.78. The molecule has 0 saturated heterocycles. The van der Waals surface area contributed by atoms with Crippen molar-refractivity contribution < 1.29 is 25.8 Å². The number of ketones is 1. The Morgan fingerprint density at radius 3 is 2.12 bits per heavy atom. The van der Waals surface area contributed by atoms with E-state index >= 15 is 0 Å². The van der Waals surface area contributed by atoms with Gasteiger partial charge in [0.05, 0.1) is 10.6 Å². The second-order valence-corrected chi connectivity index (χ2v) is 8.97. The van der Waals surface area contributed by atoms with E-state index in [-0.39, 0.29) is 10.7 Å². The Morgan fingerprint density at radius 2 is 1.56 bits per heavy atom. The van der Waals surface area contributed by atoms with Gasteiger partial charge in [0, 0.05) is 16.5 Å². The van der Waals surface area contributed by atoms with Crippen LogP contribution in [0.1, 0.15) is 15.9 Å². The maximum Gasteiger partial charge on any atom is 0.297 e. The van der Waals surface area contributed by atoms with Crippen molar-refractivity contribution in [3.8, 4) is 0 Å². The van der Waals surface area contributed by atoms with Gasteiger partial charge in [0.2, 0.25) is 0 Å². The zero-order valence-electron chi connectivity index (χ0n) is 12.9. The predicted molar refractivity (Wildman–Crippen MR) is 91.3 cm³/mol. The number of carbonyl (C=O) groups excluding carboxylic acids is 1. The van der Waals surface area contributed by atoms with Crippen molar-refractivity contribution in [2.45, 2.75) is 11.0 Å². The molecule has 25 heavy (non-hydrogen) atoms. The molecule has 130 valence electrons. The number of sulfone groups is 1. The summed E-state index contributed by atoms with van der Waals surface area (Å²) in [4.78, 5) is 12.2. The van der Waals surface area contributed by atoms with E-state index in [1.807, 2.05) is 0 Å². The van der Waals surface area contributed by atoms with Crippen LogP contribution in [0.5, 0.6) is 0 Å². The molecule has 2 aromatic rings. The monoisotopic (exact) mass is 378 g/mol. The maximum atomic E-state index is 12.3. The van der Waals surface area contributed by atoms with E-state index in [4.69, 9.17) is 4.18 Å². The molecule has 1 aliphatic rings. The van der Waals surface area contributed by atoms with Crippen molar-refractivity contribution in [2.24, 2.45) is 0 Å². The quantitative estimate of drug-likeness (QED) is 0.583. The zero-order chi connectivity index (χ0) is 18.1. The molecular weight excluding hydrogens is 364 g/mol. The van der Waals surface area contributed by atoms with E-state index in [2.05, 4.69) is 0 Å². The number of carbonyl (C=O) groups is 1. The highest BCUT2D eigenvalue weighted by Gasteiger charge is 2.28. The van der Waals surface area contributed by atoms with Crippen molar-refractivity contribution in [1.29, 1.82) is 0 Å². The molecule has 1 unspecified atom stereocenters. The number of hydrogen-bond donors (Lipinski definition) is 0. The molecule has 0 aliphatic carbocycles. The van der Waals surface area contributed by atoms with Crippen molar-refractivity contribution >= 4 is 25.7 Å². The first-order valence-electron chi connectivity index (χ1n) is 7.31. The van der Waals surface area contributed by atoms with E-state index in [1.54, 1.807) is 30.3 Å². The summed E-state index contributed by atoms with van der Waals surface area (Å²) in [6.45, 7) is 0. The van der Waals surface area contributed by atoms with Crippen LogP contribution in [0.2, 0.25) is 0 Å². The van der Waals surface area contributed by atoms with Gasteiger partial charge in [-0.25, -0.2) is 8.42 Å². The van der Waals surface area contributed by atoms with Gasteiger partial charge in [-0.3, -0.25) is 8.98 Å². The molecule has 8 heteroatoms. The van der Waals surface area contributed by atoms with E-state index in [9.17, 15) is 21.6 Å². The van der Waals surface area contributed by atoms with Crippen LogP contribution in [-0.2, 0) is 24.1 Å². The van der Waals surface area contributed by atoms with Crippen LogP contribution in [-0.4, -0.2) is 34.5 Å². The minimum atomic E-state index is -4.13. The molecule has 0 aromatic heterocycles. The Bertz CT molecular complexity index is 1020. The van der Waals surface area contributed by atoms with Crippen molar-refractivity contribution in [1.82, 2.24) is 0 Å². The van der Waals surface area contributed by atoms with Crippen LogP contribution in [0.25, 0.3) is 0 Å². The lowest BCUT2D eigenvalue weighted by molar-refractivity contribution is 0.103. The topological polar surface area (TPSA) is 94.6 Å². The lowest BCUT2D eigenvalue weighted by Gasteiger charge is -2.10. The molecule has 0 N–H and O–H groups in total. The average Bonchev–Trinajstić information content (AvgIpc) is 2.93. The first kappa shape index (κ1) is 17.5. The van der Waals surface area contributed by atoms with E-state index in [1.165, 1.54) is 30.3 Å². The minimum absolute atomic E-state index is 0.144. The smallest absolute Gasteiger partial charge is 0.289 e. The summed E-state index contributed by atoms with van der Waals surface area (Å²) < 4.78 is 52.0. The second kappa shape index (κ2) is 6.55. The molecule has 0 fully saturated rings. The highest BCUT2D eigenvalue weighted by atomic mass is 32.2. The summed E-state index contributed by atoms with van der Waals surface area (Å²) in [5.74, 6) is -0.633. The van der Waals surface area contributed by atoms with E-state index in [0.29, 0.717) is 11.1 Å². The fourth-order valence-electron chi connectivity index (χ4n) is 2.35. The summed E-state index contributed by atoms with van der Waals surface area (Å²) in [6, 6.07) is 13.9. The van der Waals surface area contributed by atoms with Gasteiger partial charge in [0.1, 0.15) is 6.10 Å². The summed E-state index contributed by atoms with van der Waals surface area (Å²) >= 11 is 0. The van der Waals surface area contributed by atoms with Crippen molar-refractivity contribution in [3.63, 3.8) is 0 Å². The molecule has 6 nitrogen and oxygen atoms in total. The van der Waals surface area contributed by atoms with Crippen LogP contribution in [0, 0.1) is 0 Å². The fraction of sp³-hybridized carbons (Fsp3) is 0.118. The van der Waals surface area contributed by atoms with Gasteiger partial charge in [-0.1, -0.05) is 30.3 Å². The van der Waals surface area contributed by atoms with Crippen LogP contribution >= 0.6 is 0 Å². The van der Waals surface area contributed by atoms with Gasteiger partial charge in [-0.15, -0.1) is 0 Å². The van der Waals surface area contributed by atoms with Crippen LogP contribution in [0.3, 0.4) is 0 Å². The minimum Gasteiger partial charge on any atom is -0.289 e. The SMILES string of the molecule is O=C(c1ccccc1)c1ccc(S(=O)(=O)OC2C=CS(=O)(=O)C2)cc1. The molecule has 0 bridgehead atoms. The maximum absolute atomic E-state index is 12.3. The van der Waals surface area contributed by atoms with Crippen LogP contribution in [0.4, 0.5) is 0 Å². The third-order valence-corrected chi connectivity index (χ3v) is 6.30. The van der Waals surface area contributed by atoms with E-state index < -0.39 is 31.8 Å². The Labute approximate surface area is 145 Å². The lowest BCUT2D eigenvalue weighted by Crippen LogP contribution is -2.20. The number of hydrogen-bond acceptors (Lipinski definition) is 6. The lowest BCUT2D eigenvalue weighted by atomic mass is 10.0. The molecule has 2 aromatic carbocycles. The molecular formula is C17H14O6S2. The second-order valence-electron chi connectivity index (χ2n) is 5.47. The van der Waals surface area contributed by atoms with E-state index in [0.717, 1.165) is 5.41 Å². The summed E-state index contributed by atoms with van der Waals surface area (Å²) in [7, 11) is -7.54. The van der Waals surface area contributed by atoms with Gasteiger partial charge in [0.15, 0.2) is 15.6 Å². The molecule has 1 atom stereocenters. The fourth-order valence-corrected chi connectivity index (χ4v) is 4.64. The Morgan fingerprint density at radius 1 is 0.960 bits per heavy atom. The molecule has 0 spiro atoms. The Hall–Kier alpha value is -2.29. The Kier molecular flexibility index (Phi) is 4.59. The summed E-state index contributed by atoms with van der Waals surface area (Å²) in [5.41, 5.74) is 0.837. The van der Waals surface area contributed by atoms with Gasteiger partial charge in [0.25, 0.3) is 10.1 Å². The van der Waals surface area contributed by atoms with Crippen molar-refractivity contribution in [3.05, 3.63) is 77.2 Å². The highest BCUT2D eigenvalue weighted by Crippen LogP contribution is 2.20. The molecule has 1 heterocycles. The molecule has 1 aliphatic heterocycles. The molecule has 0 saturated carbocycles. The summed E-state index contributed by atoms with van der Waals surface area (Å²) in [5, 5.41) is 0.939. The first-order valence-corrected chi connectivity index (χ1v) is 10.4. The van der Waals surface area contributed by atoms with Crippen molar-refractivity contribution in [2.75, 3.05) is 5.75 Å². The van der Waals surface area contributed by atoms with Crippen LogP contribution < -0.4 is 0 Å². The third-order valence-electron chi connectivity index (χ3n) is 3.59. The zero-order valence-corrected chi connectivity index (χ0v) is 14.5. The highest BCUT2D eigenvalue weighted by molar-refractivity contribution is 7.94. The van der Waals surface area contributed by atoms with Gasteiger partial charge < -0.3 is 0 Å². The molecule has 0 amide bonds. The predicted octanol–water partition coefficient (Wildman–Crippen LogP) is 1.93. The number of rotatable bonds is 5. The third kappa shape index (κ3) is 4.04. The average molecular weight is 378 g/mol. The van der Waals surface area contributed by atoms with Gasteiger partial charge in [-0.2, -0.15) is 8.42 Å². The summed E-state index contributed by atoms with van der Waals surface area (Å²) in [6.07, 6.45) is 0.154. The normalized spacial score (nSPS) is 19.0. The molecule has 3 rings (SSSR count). The number of benzene rings is 2. The van der Waals surface area contributed by atoms with Gasteiger partial charge >= 0.3 is 0 Å². The largest absolute Gasteiger partial charge is 0.297 e. The van der Waals surface area contributed by atoms with Gasteiger partial charge in [-0.05, 0) is 30.3 Å². The standard InChI is InChI=1S/C17H14O6S2/c18-17(13-4-2-1-3-5-13)14-6-8-16(9-7-14)25(21,22)23-15-10-11-24(19,20)12-15/h1-11,15H,12H2. The molecule has 0 radical (unpaired) electrons. The van der Waals surface area contributed by atoms with Crippen LogP contribution in [0.15, 0.2) is 71.0 Å². The first-order chi connectivity index (χ1) is 11.8.